The summed E-state index contributed by atoms with van der Waals surface area (Å²) in [5.74, 6) is 0.551. The second-order valence-corrected chi connectivity index (χ2v) is 8.45. The van der Waals surface area contributed by atoms with Crippen LogP contribution in [0.25, 0.3) is 5.69 Å². The van der Waals surface area contributed by atoms with Crippen LogP contribution in [-0.4, -0.2) is 24.5 Å². The van der Waals surface area contributed by atoms with E-state index in [4.69, 9.17) is 5.73 Å². The number of anilines is 1. The summed E-state index contributed by atoms with van der Waals surface area (Å²) in [5.41, 5.74) is 7.71. The Bertz CT molecular complexity index is 723. The lowest BCUT2D eigenvalue weighted by Crippen LogP contribution is -2.03. The van der Waals surface area contributed by atoms with Gasteiger partial charge in [0.15, 0.2) is 9.84 Å². The maximum Gasteiger partial charge on any atom is 0.175 e. The maximum absolute atomic E-state index is 11.5. The molecule has 0 radical (unpaired) electrons. The molecule has 0 aliphatic rings. The van der Waals surface area contributed by atoms with E-state index in [0.29, 0.717) is 9.74 Å². The molecule has 0 aliphatic heterocycles. The summed E-state index contributed by atoms with van der Waals surface area (Å²) in [6.07, 6.45) is 3.32. The van der Waals surface area contributed by atoms with Gasteiger partial charge in [0.25, 0.3) is 0 Å². The fourth-order valence-electron chi connectivity index (χ4n) is 2.01. The topological polar surface area (TPSA) is 78.0 Å². The molecule has 0 amide bonds. The third-order valence-electron chi connectivity index (χ3n) is 3.13. The van der Waals surface area contributed by atoms with Gasteiger partial charge in [-0.2, -0.15) is 5.10 Å². The van der Waals surface area contributed by atoms with Crippen molar-refractivity contribution in [1.29, 1.82) is 0 Å². The van der Waals surface area contributed by atoms with Crippen molar-refractivity contribution in [2.75, 3.05) is 12.0 Å². The molecule has 1 atom stereocenters. The number of sulfone groups is 1. The van der Waals surface area contributed by atoms with Crippen LogP contribution in [-0.2, 0) is 9.84 Å². The molecule has 0 saturated heterocycles. The highest BCUT2D eigenvalue weighted by Crippen LogP contribution is 2.29. The number of nitrogens with zero attached hydrogens (tertiary/aromatic N) is 2. The fraction of sp³-hybridized carbons (Fsp3) is 0.357. The molecule has 0 spiro atoms. The van der Waals surface area contributed by atoms with Crippen molar-refractivity contribution in [1.82, 2.24) is 9.78 Å². The minimum atomic E-state index is -3.19. The Hall–Kier alpha value is -1.09. The van der Waals surface area contributed by atoms with E-state index in [2.05, 4.69) is 34.6 Å². The summed E-state index contributed by atoms with van der Waals surface area (Å²) in [6.45, 7) is 2.13. The number of alkyl halides is 1. The zero-order valence-electron chi connectivity index (χ0n) is 12.0. The summed E-state index contributed by atoms with van der Waals surface area (Å²) >= 11 is 2.36. The molecule has 21 heavy (non-hydrogen) atoms. The molecule has 5 nitrogen and oxygen atoms in total. The highest BCUT2D eigenvalue weighted by atomic mass is 127. The number of nitrogens with two attached hydrogens (primary N) is 1. The number of benzene rings is 1. The number of hydrogen-bond acceptors (Lipinski definition) is 4. The zero-order chi connectivity index (χ0) is 15.6. The highest BCUT2D eigenvalue weighted by Gasteiger charge is 2.14. The third-order valence-corrected chi connectivity index (χ3v) is 5.52. The molecule has 114 valence electrons. The summed E-state index contributed by atoms with van der Waals surface area (Å²) in [4.78, 5) is 0.287. The number of aromatic nitrogens is 2. The van der Waals surface area contributed by atoms with Crippen molar-refractivity contribution in [3.05, 3.63) is 36.0 Å². The first kappa shape index (κ1) is 16.3. The molecule has 2 rings (SSSR count). The number of hydrogen-bond donors (Lipinski definition) is 1. The lowest BCUT2D eigenvalue weighted by atomic mass is 10.2. The van der Waals surface area contributed by atoms with E-state index < -0.39 is 9.84 Å². The highest BCUT2D eigenvalue weighted by molar-refractivity contribution is 14.1. The van der Waals surface area contributed by atoms with E-state index >= 15 is 0 Å². The molecule has 1 aromatic heterocycles. The number of nitrogen functional groups attached to an aromatic ring is 1. The minimum absolute atomic E-state index is 0.287. The van der Waals surface area contributed by atoms with Crippen LogP contribution in [0, 0.1) is 0 Å². The van der Waals surface area contributed by atoms with Crippen LogP contribution in [0.2, 0.25) is 0 Å². The predicted octanol–water partition coefficient (Wildman–Crippen LogP) is 3.13. The van der Waals surface area contributed by atoms with Crippen molar-refractivity contribution < 1.29 is 8.42 Å². The fourth-order valence-corrected chi connectivity index (χ4v) is 3.57. The van der Waals surface area contributed by atoms with Crippen LogP contribution in [0.15, 0.2) is 35.2 Å². The van der Waals surface area contributed by atoms with E-state index in [9.17, 15) is 8.42 Å². The molecular formula is C14H18IN3O2S. The van der Waals surface area contributed by atoms with Crippen LogP contribution in [0.4, 0.5) is 5.82 Å². The SMILES string of the molecule is CCCC(I)c1cc(N)n(-c2ccc(S(C)(=O)=O)cc2)n1. The van der Waals surface area contributed by atoms with Gasteiger partial charge in [-0.1, -0.05) is 35.9 Å². The standard InChI is InChI=1S/C14H18IN3O2S/c1-3-4-12(15)13-9-14(16)18(17-13)10-5-7-11(8-6-10)21(2,19)20/h5-9,12H,3-4,16H2,1-2H3. The van der Waals surface area contributed by atoms with Gasteiger partial charge in [0.05, 0.1) is 20.2 Å². The molecule has 0 bridgehead atoms. The van der Waals surface area contributed by atoms with Crippen molar-refractivity contribution in [3.8, 4) is 5.69 Å². The monoisotopic (exact) mass is 419 g/mol. The molecule has 2 aromatic rings. The van der Waals surface area contributed by atoms with Crippen LogP contribution >= 0.6 is 22.6 Å². The summed E-state index contributed by atoms with van der Waals surface area (Å²) < 4.78 is 24.9. The largest absolute Gasteiger partial charge is 0.384 e. The Morgan fingerprint density at radius 3 is 2.48 bits per heavy atom. The van der Waals surface area contributed by atoms with E-state index in [1.54, 1.807) is 28.9 Å². The number of rotatable bonds is 5. The Morgan fingerprint density at radius 2 is 1.95 bits per heavy atom. The van der Waals surface area contributed by atoms with E-state index in [-0.39, 0.29) is 4.90 Å². The molecule has 7 heteroatoms. The van der Waals surface area contributed by atoms with E-state index in [0.717, 1.165) is 24.2 Å². The van der Waals surface area contributed by atoms with Crippen LogP contribution in [0.3, 0.4) is 0 Å². The van der Waals surface area contributed by atoms with Crippen LogP contribution in [0.5, 0.6) is 0 Å². The lowest BCUT2D eigenvalue weighted by Gasteiger charge is -2.06. The average molecular weight is 419 g/mol. The van der Waals surface area contributed by atoms with Gasteiger partial charge in [0, 0.05) is 12.3 Å². The van der Waals surface area contributed by atoms with Crippen LogP contribution in [0.1, 0.15) is 29.4 Å². The molecule has 1 heterocycles. The van der Waals surface area contributed by atoms with Gasteiger partial charge in [-0.15, -0.1) is 0 Å². The van der Waals surface area contributed by atoms with E-state index in [1.807, 2.05) is 6.07 Å². The molecule has 1 aromatic carbocycles. The summed E-state index contributed by atoms with van der Waals surface area (Å²) in [5, 5.41) is 4.53. The minimum Gasteiger partial charge on any atom is -0.384 e. The Morgan fingerprint density at radius 1 is 1.33 bits per heavy atom. The molecule has 1 unspecified atom stereocenters. The van der Waals surface area contributed by atoms with Gasteiger partial charge >= 0.3 is 0 Å². The molecule has 2 N–H and O–H groups in total. The Kier molecular flexibility index (Phi) is 4.92. The molecule has 0 saturated carbocycles. The normalized spacial score (nSPS) is 13.3. The van der Waals surface area contributed by atoms with Gasteiger partial charge in [-0.25, -0.2) is 13.1 Å². The predicted molar refractivity (Wildman–Crippen MR) is 92.8 cm³/mol. The summed E-state index contributed by atoms with van der Waals surface area (Å²) in [7, 11) is -3.19. The van der Waals surface area contributed by atoms with E-state index in [1.165, 1.54) is 6.26 Å². The first-order valence-corrected chi connectivity index (χ1v) is 9.76. The molecule has 0 aliphatic carbocycles. The van der Waals surface area contributed by atoms with Gasteiger partial charge in [0.1, 0.15) is 5.82 Å². The van der Waals surface area contributed by atoms with Gasteiger partial charge in [0.2, 0.25) is 0 Å². The van der Waals surface area contributed by atoms with Crippen LogP contribution < -0.4 is 5.73 Å². The van der Waals surface area contributed by atoms with Crippen molar-refractivity contribution >= 4 is 38.2 Å². The first-order chi connectivity index (χ1) is 9.82. The quantitative estimate of drug-likeness (QED) is 0.597. The second kappa shape index (κ2) is 6.35. The zero-order valence-corrected chi connectivity index (χ0v) is 14.9. The van der Waals surface area contributed by atoms with Crippen molar-refractivity contribution in [3.63, 3.8) is 0 Å². The smallest absolute Gasteiger partial charge is 0.175 e. The average Bonchev–Trinajstić information content (AvgIpc) is 2.80. The molecule has 0 fully saturated rings. The van der Waals surface area contributed by atoms with Crippen molar-refractivity contribution in [2.45, 2.75) is 28.6 Å². The Balaban J connectivity index is 2.34. The van der Waals surface area contributed by atoms with Gasteiger partial charge in [-0.3, -0.25) is 0 Å². The number of halogens is 1. The van der Waals surface area contributed by atoms with Gasteiger partial charge < -0.3 is 5.73 Å². The second-order valence-electron chi connectivity index (χ2n) is 4.93. The Labute approximate surface area is 138 Å². The maximum atomic E-state index is 11.5. The first-order valence-electron chi connectivity index (χ1n) is 6.63. The third kappa shape index (κ3) is 3.76. The van der Waals surface area contributed by atoms with Crippen molar-refractivity contribution in [2.24, 2.45) is 0 Å². The molecular weight excluding hydrogens is 401 g/mol. The van der Waals surface area contributed by atoms with Gasteiger partial charge in [-0.05, 0) is 30.7 Å². The summed E-state index contributed by atoms with van der Waals surface area (Å²) in [6, 6.07) is 8.44. The lowest BCUT2D eigenvalue weighted by molar-refractivity contribution is 0.602.